The fraction of sp³-hybridized carbons (Fsp3) is 0.136. The van der Waals surface area contributed by atoms with Gasteiger partial charge in [-0.3, -0.25) is 9.78 Å². The second-order valence-electron chi connectivity index (χ2n) is 6.16. The lowest BCUT2D eigenvalue weighted by Crippen LogP contribution is -2.23. The van der Waals surface area contributed by atoms with E-state index < -0.39 is 0 Å². The van der Waals surface area contributed by atoms with Crippen molar-refractivity contribution < 1.29 is 18.7 Å². The van der Waals surface area contributed by atoms with Crippen molar-refractivity contribution in [2.45, 2.75) is 13.5 Å². The number of pyridine rings is 1. The minimum atomic E-state index is -0.380. The van der Waals surface area contributed by atoms with Gasteiger partial charge in [0, 0.05) is 24.0 Å². The van der Waals surface area contributed by atoms with Gasteiger partial charge in [0.2, 0.25) is 0 Å². The molecule has 2 aromatic carbocycles. The molecule has 0 atom stereocenters. The van der Waals surface area contributed by atoms with E-state index >= 15 is 0 Å². The van der Waals surface area contributed by atoms with Crippen LogP contribution in [0.3, 0.4) is 0 Å². The van der Waals surface area contributed by atoms with E-state index in [0.29, 0.717) is 29.0 Å². The summed E-state index contributed by atoms with van der Waals surface area (Å²) >= 11 is 0. The van der Waals surface area contributed by atoms with E-state index in [1.165, 1.54) is 12.3 Å². The zero-order chi connectivity index (χ0) is 20.6. The number of carbonyl (C=O) groups excluding carboxylic acids is 2. The van der Waals surface area contributed by atoms with Gasteiger partial charge in [-0.05, 0) is 43.3 Å². The summed E-state index contributed by atoms with van der Waals surface area (Å²) in [6, 6.07) is 14.7. The second-order valence-corrected chi connectivity index (χ2v) is 6.16. The minimum Gasteiger partial charge on any atom is -0.462 e. The van der Waals surface area contributed by atoms with Crippen LogP contribution in [-0.2, 0) is 11.3 Å². The number of halogens is 1. The standard InChI is InChI=1S/C22H20FN3O3/c1-2-29-22(28)15-7-9-18(10-8-15)26-19-11-17(12-24-14-19)21(27)25-13-16-5-3-4-6-20(16)23/h3-12,14,26H,2,13H2,1H3,(H,25,27). The SMILES string of the molecule is CCOC(=O)c1ccc(Nc2cncc(C(=O)NCc3ccccc3F)c2)cc1. The summed E-state index contributed by atoms with van der Waals surface area (Å²) in [4.78, 5) is 28.1. The predicted octanol–water partition coefficient (Wildman–Crippen LogP) is 4.07. The van der Waals surface area contributed by atoms with Gasteiger partial charge >= 0.3 is 5.97 Å². The molecular weight excluding hydrogens is 373 g/mol. The van der Waals surface area contributed by atoms with Crippen LogP contribution in [0.25, 0.3) is 0 Å². The number of aromatic nitrogens is 1. The van der Waals surface area contributed by atoms with Crippen molar-refractivity contribution in [3.05, 3.63) is 89.5 Å². The van der Waals surface area contributed by atoms with Gasteiger partial charge in [0.15, 0.2) is 0 Å². The molecule has 0 unspecified atom stereocenters. The van der Waals surface area contributed by atoms with Crippen molar-refractivity contribution in [2.24, 2.45) is 0 Å². The van der Waals surface area contributed by atoms with Crippen LogP contribution < -0.4 is 10.6 Å². The molecule has 3 rings (SSSR count). The first-order valence-electron chi connectivity index (χ1n) is 9.07. The highest BCUT2D eigenvalue weighted by Crippen LogP contribution is 2.18. The van der Waals surface area contributed by atoms with E-state index in [1.807, 2.05) is 0 Å². The lowest BCUT2D eigenvalue weighted by Gasteiger charge is -2.10. The maximum Gasteiger partial charge on any atom is 0.338 e. The number of hydrogen-bond donors (Lipinski definition) is 2. The zero-order valence-corrected chi connectivity index (χ0v) is 15.8. The van der Waals surface area contributed by atoms with E-state index in [0.717, 1.165) is 5.69 Å². The fourth-order valence-corrected chi connectivity index (χ4v) is 2.62. The Morgan fingerprint density at radius 2 is 1.76 bits per heavy atom. The first-order chi connectivity index (χ1) is 14.1. The Hall–Kier alpha value is -3.74. The van der Waals surface area contributed by atoms with Crippen LogP contribution in [0.5, 0.6) is 0 Å². The lowest BCUT2D eigenvalue weighted by atomic mass is 10.2. The first-order valence-corrected chi connectivity index (χ1v) is 9.07. The summed E-state index contributed by atoms with van der Waals surface area (Å²) in [6.45, 7) is 2.15. The van der Waals surface area contributed by atoms with Gasteiger partial charge < -0.3 is 15.4 Å². The molecule has 0 saturated heterocycles. The maximum atomic E-state index is 13.7. The van der Waals surface area contributed by atoms with Crippen molar-refractivity contribution in [1.82, 2.24) is 10.3 Å². The topological polar surface area (TPSA) is 80.3 Å². The van der Waals surface area contributed by atoms with Crippen molar-refractivity contribution in [3.8, 4) is 0 Å². The zero-order valence-electron chi connectivity index (χ0n) is 15.8. The fourth-order valence-electron chi connectivity index (χ4n) is 2.62. The predicted molar refractivity (Wildman–Crippen MR) is 107 cm³/mol. The molecule has 0 aliphatic carbocycles. The summed E-state index contributed by atoms with van der Waals surface area (Å²) in [7, 11) is 0. The summed E-state index contributed by atoms with van der Waals surface area (Å²) in [6.07, 6.45) is 3.01. The summed E-state index contributed by atoms with van der Waals surface area (Å²) in [5.74, 6) is -1.11. The van der Waals surface area contributed by atoms with Gasteiger partial charge in [0.1, 0.15) is 5.82 Å². The molecule has 148 valence electrons. The molecule has 6 nitrogen and oxygen atoms in total. The first kappa shape index (κ1) is 20.0. The molecule has 1 heterocycles. The van der Waals surface area contributed by atoms with Crippen molar-refractivity contribution >= 4 is 23.3 Å². The van der Waals surface area contributed by atoms with Crippen LogP contribution in [0.4, 0.5) is 15.8 Å². The lowest BCUT2D eigenvalue weighted by molar-refractivity contribution is 0.0526. The Morgan fingerprint density at radius 3 is 2.48 bits per heavy atom. The number of ether oxygens (including phenoxy) is 1. The third-order valence-electron chi connectivity index (χ3n) is 4.08. The molecule has 7 heteroatoms. The Kier molecular flexibility index (Phi) is 6.52. The number of esters is 1. The van der Waals surface area contributed by atoms with E-state index in [1.54, 1.807) is 61.7 Å². The maximum absolute atomic E-state index is 13.7. The number of hydrogen-bond acceptors (Lipinski definition) is 5. The van der Waals surface area contributed by atoms with E-state index in [-0.39, 0.29) is 24.2 Å². The normalized spacial score (nSPS) is 10.3. The average molecular weight is 393 g/mol. The van der Waals surface area contributed by atoms with Crippen molar-refractivity contribution in [3.63, 3.8) is 0 Å². The summed E-state index contributed by atoms with van der Waals surface area (Å²) in [5.41, 5.74) is 2.53. The number of nitrogens with one attached hydrogen (secondary N) is 2. The van der Waals surface area contributed by atoms with Crippen LogP contribution >= 0.6 is 0 Å². The van der Waals surface area contributed by atoms with Gasteiger partial charge in [0.05, 0.1) is 29.6 Å². The number of nitrogens with zero attached hydrogens (tertiary/aromatic N) is 1. The van der Waals surface area contributed by atoms with Gasteiger partial charge in [-0.2, -0.15) is 0 Å². The molecular formula is C22H20FN3O3. The third-order valence-corrected chi connectivity index (χ3v) is 4.08. The highest BCUT2D eigenvalue weighted by Gasteiger charge is 2.09. The van der Waals surface area contributed by atoms with E-state index in [2.05, 4.69) is 15.6 Å². The van der Waals surface area contributed by atoms with Crippen LogP contribution in [-0.4, -0.2) is 23.5 Å². The molecule has 0 bridgehead atoms. The molecule has 0 fully saturated rings. The molecule has 1 aromatic heterocycles. The smallest absolute Gasteiger partial charge is 0.338 e. The molecule has 3 aromatic rings. The molecule has 29 heavy (non-hydrogen) atoms. The van der Waals surface area contributed by atoms with Crippen LogP contribution in [0, 0.1) is 5.82 Å². The molecule has 0 radical (unpaired) electrons. The number of rotatable bonds is 7. The molecule has 0 spiro atoms. The Balaban J connectivity index is 1.64. The van der Waals surface area contributed by atoms with Gasteiger partial charge in [-0.25, -0.2) is 9.18 Å². The number of amides is 1. The molecule has 2 N–H and O–H groups in total. The molecule has 0 aliphatic heterocycles. The minimum absolute atomic E-state index is 0.0818. The Morgan fingerprint density at radius 1 is 1.00 bits per heavy atom. The number of anilines is 2. The van der Waals surface area contributed by atoms with E-state index in [4.69, 9.17) is 4.74 Å². The van der Waals surface area contributed by atoms with Crippen molar-refractivity contribution in [1.29, 1.82) is 0 Å². The van der Waals surface area contributed by atoms with Crippen LogP contribution in [0.1, 0.15) is 33.2 Å². The molecule has 1 amide bonds. The third kappa shape index (κ3) is 5.38. The van der Waals surface area contributed by atoms with Gasteiger partial charge in [0.25, 0.3) is 5.91 Å². The highest BCUT2D eigenvalue weighted by molar-refractivity contribution is 5.95. The van der Waals surface area contributed by atoms with E-state index in [9.17, 15) is 14.0 Å². The molecule has 0 saturated carbocycles. The average Bonchev–Trinajstić information content (AvgIpc) is 2.74. The van der Waals surface area contributed by atoms with Gasteiger partial charge in [-0.1, -0.05) is 18.2 Å². The van der Waals surface area contributed by atoms with Crippen LogP contribution in [0.15, 0.2) is 67.0 Å². The quantitative estimate of drug-likeness (QED) is 0.592. The highest BCUT2D eigenvalue weighted by atomic mass is 19.1. The number of carbonyl (C=O) groups is 2. The summed E-state index contributed by atoms with van der Waals surface area (Å²) < 4.78 is 18.6. The molecule has 0 aliphatic rings. The summed E-state index contributed by atoms with van der Waals surface area (Å²) in [5, 5.41) is 5.81. The Bertz CT molecular complexity index is 1010. The largest absolute Gasteiger partial charge is 0.462 e. The monoisotopic (exact) mass is 393 g/mol. The second kappa shape index (κ2) is 9.45. The Labute approximate surface area is 167 Å². The van der Waals surface area contributed by atoms with Crippen LogP contribution in [0.2, 0.25) is 0 Å². The van der Waals surface area contributed by atoms with Crippen molar-refractivity contribution in [2.75, 3.05) is 11.9 Å². The number of benzene rings is 2. The van der Waals surface area contributed by atoms with Gasteiger partial charge in [-0.15, -0.1) is 0 Å².